The van der Waals surface area contributed by atoms with Crippen LogP contribution in [-0.2, 0) is 13.1 Å². The van der Waals surface area contributed by atoms with Crippen LogP contribution in [-0.4, -0.2) is 35.9 Å². The van der Waals surface area contributed by atoms with Gasteiger partial charge in [-0.15, -0.1) is 0 Å². The lowest BCUT2D eigenvalue weighted by Gasteiger charge is -2.68. The van der Waals surface area contributed by atoms with Gasteiger partial charge in [0.1, 0.15) is 16.9 Å². The smallest absolute Gasteiger partial charge is 0.278 e. The topological polar surface area (TPSA) is 27.7 Å². The summed E-state index contributed by atoms with van der Waals surface area (Å²) in [7, 11) is -12.4. The summed E-state index contributed by atoms with van der Waals surface area (Å²) in [6.07, 6.45) is -5.67. The summed E-state index contributed by atoms with van der Waals surface area (Å²) in [5.41, 5.74) is -5.50. The molecule has 0 N–H and O–H groups in total. The number of alkyl halides is 10. The predicted octanol–water partition coefficient (Wildman–Crippen LogP) is 6.18. The van der Waals surface area contributed by atoms with Gasteiger partial charge in [0.05, 0.1) is 0 Å². The van der Waals surface area contributed by atoms with Crippen LogP contribution in [0.2, 0.25) is 0 Å². The van der Waals surface area contributed by atoms with Crippen LogP contribution < -0.4 is 0 Å². The molecule has 0 atom stereocenters. The molecule has 0 unspecified atom stereocenters. The largest absolute Gasteiger partial charge is 0.444 e. The lowest BCUT2D eigenvalue weighted by atomic mass is 10.7. The van der Waals surface area contributed by atoms with E-state index in [4.69, 9.17) is 0 Å². The fraction of sp³-hybridized carbons (Fsp3) is 1.00. The lowest BCUT2D eigenvalue weighted by Crippen LogP contribution is -2.45. The first kappa shape index (κ1) is 23.5. The predicted molar refractivity (Wildman–Crippen MR) is 64.0 cm³/mol. The lowest BCUT2D eigenvalue weighted by molar-refractivity contribution is -0.185. The van der Waals surface area contributed by atoms with E-state index in [1.807, 2.05) is 0 Å². The van der Waals surface area contributed by atoms with Crippen LogP contribution in [0.1, 0.15) is 0 Å². The minimum atomic E-state index is -9.78. The van der Waals surface area contributed by atoms with Crippen LogP contribution >= 0.6 is 42.7 Å². The van der Waals surface area contributed by atoms with E-state index >= 15 is 0 Å². The molecule has 0 saturated heterocycles. The summed E-state index contributed by atoms with van der Waals surface area (Å²) in [5.74, 6) is 0. The zero-order valence-corrected chi connectivity index (χ0v) is 13.3. The quantitative estimate of drug-likeness (QED) is 0.181. The average Bonchev–Trinajstić information content (AvgIpc) is 2.23. The third kappa shape index (κ3) is 5.22. The van der Waals surface area contributed by atoms with Gasteiger partial charge in [-0.1, -0.05) is 19.4 Å². The molecule has 0 heterocycles. The molecule has 23 heavy (non-hydrogen) atoms. The second-order valence-corrected chi connectivity index (χ2v) is 10.6. The molecule has 144 valence electrons. The third-order valence-electron chi connectivity index (χ3n) is 1.71. The first-order chi connectivity index (χ1) is 9.86. The van der Waals surface area contributed by atoms with Gasteiger partial charge in [0.15, 0.2) is 13.5 Å². The monoisotopic (exact) mass is 450 g/mol. The highest BCUT2D eigenvalue weighted by Crippen LogP contribution is 3.09. The summed E-state index contributed by atoms with van der Waals surface area (Å²) in [5, 5.41) is 0. The summed E-state index contributed by atoms with van der Waals surface area (Å²) in [4.78, 5) is 0. The van der Waals surface area contributed by atoms with E-state index in [1.54, 1.807) is 0 Å². The molecular weight excluding hydrogens is 445 g/mol. The van der Waals surface area contributed by atoms with Crippen LogP contribution in [0.15, 0.2) is 0 Å². The molecule has 17 heteroatoms. The minimum Gasteiger partial charge on any atom is -0.278 e. The molecule has 0 aliphatic carbocycles. The highest BCUT2D eigenvalue weighted by Gasteiger charge is 2.80. The van der Waals surface area contributed by atoms with Gasteiger partial charge in [-0.25, -0.2) is 12.8 Å². The van der Waals surface area contributed by atoms with Crippen molar-refractivity contribution in [3.8, 4) is 0 Å². The molecule has 0 aromatic rings. The van der Waals surface area contributed by atoms with Gasteiger partial charge in [0.25, 0.3) is 0 Å². The van der Waals surface area contributed by atoms with Gasteiger partial charge in [-0.2, -0.15) is 30.7 Å². The maximum Gasteiger partial charge on any atom is 0.444 e. The summed E-state index contributed by atoms with van der Waals surface area (Å²) >= 11 is 8.67. The Morgan fingerprint density at radius 2 is 1.43 bits per heavy atom. The third-order valence-corrected chi connectivity index (χ3v) is 8.79. The molecule has 0 aliphatic heterocycles. The van der Waals surface area contributed by atoms with Crippen molar-refractivity contribution in [2.45, 2.75) is 16.3 Å². The van der Waals surface area contributed by atoms with Crippen molar-refractivity contribution in [2.75, 3.05) is 19.5 Å². The molecule has 0 bridgehead atoms. The van der Waals surface area contributed by atoms with Gasteiger partial charge < -0.3 is 0 Å². The van der Waals surface area contributed by atoms with Crippen molar-refractivity contribution in [1.82, 2.24) is 0 Å². The van der Waals surface area contributed by atoms with Gasteiger partial charge >= 0.3 is 16.3 Å². The van der Waals surface area contributed by atoms with Gasteiger partial charge in [0.2, 0.25) is 0 Å². The number of hydrogen-bond donors (Lipinski definition) is 0. The Kier molecular flexibility index (Phi) is 6.44. The van der Waals surface area contributed by atoms with Crippen LogP contribution in [0.4, 0.5) is 42.9 Å². The maximum atomic E-state index is 14.5. The van der Waals surface area contributed by atoms with Gasteiger partial charge in [-0.05, 0) is 11.6 Å². The van der Waals surface area contributed by atoms with Crippen LogP contribution in [0.3, 0.4) is 0 Å². The van der Waals surface area contributed by atoms with Crippen LogP contribution in [0, 0.1) is 0 Å². The summed E-state index contributed by atoms with van der Waals surface area (Å²) in [6, 6.07) is -2.02. The van der Waals surface area contributed by atoms with Crippen molar-refractivity contribution in [2.24, 2.45) is 0 Å². The van der Waals surface area contributed by atoms with E-state index in [1.165, 1.54) is 0 Å². The van der Waals surface area contributed by atoms with Gasteiger partial charge in [-0.3, -0.25) is 4.74 Å². The molecule has 0 fully saturated rings. The zero-order chi connectivity index (χ0) is 18.9. The van der Waals surface area contributed by atoms with E-state index in [0.717, 1.165) is 0 Å². The van der Waals surface area contributed by atoms with Crippen molar-refractivity contribution in [3.63, 3.8) is 0 Å². The molecule has 0 radical (unpaired) electrons. The maximum absolute atomic E-state index is 14.5. The second kappa shape index (κ2) is 6.32. The average molecular weight is 451 g/mol. The standard InChI is InChI=1S/C6H6Cl2F10O3S2/c7-2-21-23(17,18,5(8,13)14,20-1-4(10,11)12)22-6(15,16)19-3-9/h1-3H2. The van der Waals surface area contributed by atoms with Crippen molar-refractivity contribution in [1.29, 1.82) is 0 Å². The van der Waals surface area contributed by atoms with Crippen molar-refractivity contribution < 1.29 is 56.0 Å². The molecule has 0 aromatic heterocycles. The molecule has 0 aliphatic rings. The Morgan fingerprint density at radius 1 is 0.957 bits per heavy atom. The number of ether oxygens (including phenoxy) is 1. The van der Waals surface area contributed by atoms with Crippen LogP contribution in [0.25, 0.3) is 0 Å². The molecule has 3 nitrogen and oxygen atoms in total. The highest BCUT2D eigenvalue weighted by atomic mass is 35.5. The molecule has 0 rings (SSSR count). The Morgan fingerprint density at radius 3 is 1.74 bits per heavy atom. The SMILES string of the molecule is FCOC(F)(F)SS(F)(F)(OCCl)(OCC(F)(F)F)C(F)(F)Cl. The molecule has 0 amide bonds. The van der Waals surface area contributed by atoms with Crippen LogP contribution in [0.5, 0.6) is 0 Å². The summed E-state index contributed by atoms with van der Waals surface area (Å²) < 4.78 is 132. The fourth-order valence-corrected chi connectivity index (χ4v) is 5.92. The highest BCUT2D eigenvalue weighted by molar-refractivity contribution is 9.05. The summed E-state index contributed by atoms with van der Waals surface area (Å²) in [6.45, 7) is -5.61. The Labute approximate surface area is 135 Å². The normalized spacial score (nSPS) is 17.7. The zero-order valence-electron chi connectivity index (χ0n) is 10.2. The Hall–Kier alpha value is 0.460. The first-order valence-corrected chi connectivity index (χ1v) is 9.03. The first-order valence-electron chi connectivity index (χ1n) is 4.69. The number of rotatable bonds is 9. The Balaban J connectivity index is 6.21. The van der Waals surface area contributed by atoms with Crippen molar-refractivity contribution >= 4 is 42.7 Å². The van der Waals surface area contributed by atoms with E-state index < -0.39 is 55.3 Å². The number of hydrogen-bond acceptors (Lipinski definition) is 4. The number of halogens is 12. The molecule has 0 aromatic carbocycles. The Bertz CT molecular complexity index is 441. The van der Waals surface area contributed by atoms with E-state index in [0.29, 0.717) is 0 Å². The minimum absolute atomic E-state index is 2.02. The fourth-order valence-electron chi connectivity index (χ4n) is 0.833. The molecular formula is C6H6Cl2F10O3S2. The molecule has 0 saturated carbocycles. The van der Waals surface area contributed by atoms with Crippen molar-refractivity contribution in [3.05, 3.63) is 0 Å². The van der Waals surface area contributed by atoms with E-state index in [2.05, 4.69) is 36.3 Å². The molecule has 0 spiro atoms. The van der Waals surface area contributed by atoms with E-state index in [-0.39, 0.29) is 0 Å². The van der Waals surface area contributed by atoms with Gasteiger partial charge in [0, 0.05) is 8.66 Å². The van der Waals surface area contributed by atoms with E-state index in [9.17, 15) is 42.9 Å². The second-order valence-electron chi connectivity index (χ2n) is 3.39.